The van der Waals surface area contributed by atoms with Crippen molar-refractivity contribution in [2.45, 2.75) is 36.7 Å². The molecule has 162 valence electrons. The van der Waals surface area contributed by atoms with Crippen molar-refractivity contribution >= 4 is 29.5 Å². The van der Waals surface area contributed by atoms with Crippen LogP contribution in [0.2, 0.25) is 0 Å². The van der Waals surface area contributed by atoms with Gasteiger partial charge in [0.15, 0.2) is 0 Å². The minimum absolute atomic E-state index is 0.243. The van der Waals surface area contributed by atoms with Crippen LogP contribution < -0.4 is 0 Å². The number of ether oxygens (including phenoxy) is 2. The molecule has 0 aromatic heterocycles. The number of carbonyl (C=O) groups is 3. The van der Waals surface area contributed by atoms with Gasteiger partial charge in [0.1, 0.15) is 0 Å². The van der Waals surface area contributed by atoms with E-state index in [4.69, 9.17) is 9.47 Å². The smallest absolute Gasteiger partial charge is 0.339 e. The molecule has 31 heavy (non-hydrogen) atoms. The van der Waals surface area contributed by atoms with E-state index in [1.54, 1.807) is 42.1 Å². The van der Waals surface area contributed by atoms with Crippen LogP contribution in [0.25, 0.3) is 0 Å². The number of unbranched alkanes of at least 4 members (excludes halogenated alkanes) is 1. The number of benzene rings is 2. The Morgan fingerprint density at radius 1 is 1.03 bits per heavy atom. The fourth-order valence-electron chi connectivity index (χ4n) is 3.78. The number of nitrogens with zero attached hydrogens (tertiary/aromatic N) is 1. The van der Waals surface area contributed by atoms with Crippen molar-refractivity contribution in [2.24, 2.45) is 0 Å². The summed E-state index contributed by atoms with van der Waals surface area (Å²) >= 11 is 1.62. The van der Waals surface area contributed by atoms with Crippen molar-refractivity contribution in [3.8, 4) is 0 Å². The van der Waals surface area contributed by atoms with Gasteiger partial charge >= 0.3 is 5.97 Å². The molecule has 6 nitrogen and oxygen atoms in total. The molecular weight excluding hydrogens is 414 g/mol. The highest BCUT2D eigenvalue weighted by Gasteiger charge is 2.34. The van der Waals surface area contributed by atoms with E-state index in [9.17, 15) is 14.4 Å². The highest BCUT2D eigenvalue weighted by molar-refractivity contribution is 7.99. The lowest BCUT2D eigenvalue weighted by Crippen LogP contribution is -2.30. The standard InChI is InChI=1S/C24H25NO5S/c26-22-18-9-1-2-10-19(18)23(27)25(22)13-5-6-14-30-24(28)20-11-3-4-12-21(20)31-16-17-8-7-15-29-17/h1-4,9-12,17H,5-8,13-16H2. The molecule has 2 heterocycles. The van der Waals surface area contributed by atoms with E-state index in [0.717, 1.165) is 30.1 Å². The maximum absolute atomic E-state index is 12.5. The van der Waals surface area contributed by atoms with Gasteiger partial charge in [-0.05, 0) is 49.9 Å². The van der Waals surface area contributed by atoms with Crippen molar-refractivity contribution in [1.29, 1.82) is 0 Å². The Labute approximate surface area is 185 Å². The molecule has 1 saturated heterocycles. The Morgan fingerprint density at radius 2 is 1.74 bits per heavy atom. The average molecular weight is 440 g/mol. The summed E-state index contributed by atoms with van der Waals surface area (Å²) in [7, 11) is 0. The lowest BCUT2D eigenvalue weighted by molar-refractivity contribution is 0.0482. The van der Waals surface area contributed by atoms with Crippen LogP contribution in [0.4, 0.5) is 0 Å². The third-order valence-electron chi connectivity index (χ3n) is 5.44. The Hall–Kier alpha value is -2.64. The number of rotatable bonds is 9. The molecule has 1 atom stereocenters. The molecule has 0 spiro atoms. The van der Waals surface area contributed by atoms with E-state index in [1.165, 1.54) is 4.90 Å². The molecule has 7 heteroatoms. The van der Waals surface area contributed by atoms with E-state index in [0.29, 0.717) is 36.1 Å². The molecule has 0 N–H and O–H groups in total. The van der Waals surface area contributed by atoms with Gasteiger partial charge < -0.3 is 9.47 Å². The predicted octanol–water partition coefficient (Wildman–Crippen LogP) is 4.19. The van der Waals surface area contributed by atoms with Crippen LogP contribution in [0, 0.1) is 0 Å². The topological polar surface area (TPSA) is 72.9 Å². The van der Waals surface area contributed by atoms with Crippen LogP contribution >= 0.6 is 11.8 Å². The van der Waals surface area contributed by atoms with Crippen LogP contribution in [-0.2, 0) is 9.47 Å². The van der Waals surface area contributed by atoms with Crippen molar-refractivity contribution < 1.29 is 23.9 Å². The van der Waals surface area contributed by atoms with Gasteiger partial charge in [0.2, 0.25) is 0 Å². The highest BCUT2D eigenvalue weighted by Crippen LogP contribution is 2.27. The molecule has 0 radical (unpaired) electrons. The molecule has 1 unspecified atom stereocenters. The van der Waals surface area contributed by atoms with E-state index in [-0.39, 0.29) is 30.5 Å². The van der Waals surface area contributed by atoms with Gasteiger partial charge in [-0.2, -0.15) is 0 Å². The van der Waals surface area contributed by atoms with Crippen molar-refractivity contribution in [3.05, 3.63) is 65.2 Å². The first-order valence-corrected chi connectivity index (χ1v) is 11.6. The minimum atomic E-state index is -0.351. The zero-order valence-electron chi connectivity index (χ0n) is 17.2. The van der Waals surface area contributed by atoms with Crippen molar-refractivity contribution in [3.63, 3.8) is 0 Å². The second-order valence-electron chi connectivity index (χ2n) is 7.59. The van der Waals surface area contributed by atoms with E-state index < -0.39 is 0 Å². The Morgan fingerprint density at radius 3 is 2.45 bits per heavy atom. The summed E-state index contributed by atoms with van der Waals surface area (Å²) in [5.41, 5.74) is 1.47. The van der Waals surface area contributed by atoms with E-state index in [2.05, 4.69) is 0 Å². The summed E-state index contributed by atoms with van der Waals surface area (Å²) in [5.74, 6) is -0.0364. The fraction of sp³-hybridized carbons (Fsp3) is 0.375. The number of fused-ring (bicyclic) bond motifs is 1. The maximum Gasteiger partial charge on any atom is 0.339 e. The number of thioether (sulfide) groups is 1. The molecule has 4 rings (SSSR count). The zero-order chi connectivity index (χ0) is 21.6. The van der Waals surface area contributed by atoms with Crippen LogP contribution in [-0.4, -0.2) is 54.3 Å². The molecule has 2 aliphatic heterocycles. The number of imide groups is 1. The summed E-state index contributed by atoms with van der Waals surface area (Å²) < 4.78 is 11.1. The second kappa shape index (κ2) is 10.1. The monoisotopic (exact) mass is 439 g/mol. The molecule has 0 bridgehead atoms. The lowest BCUT2D eigenvalue weighted by Gasteiger charge is -2.14. The predicted molar refractivity (Wildman–Crippen MR) is 117 cm³/mol. The van der Waals surface area contributed by atoms with Gasteiger partial charge in [0, 0.05) is 23.8 Å². The van der Waals surface area contributed by atoms with Crippen LogP contribution in [0.5, 0.6) is 0 Å². The third-order valence-corrected chi connectivity index (χ3v) is 6.65. The van der Waals surface area contributed by atoms with Gasteiger partial charge in [-0.15, -0.1) is 11.8 Å². The van der Waals surface area contributed by atoms with Crippen molar-refractivity contribution in [2.75, 3.05) is 25.5 Å². The summed E-state index contributed by atoms with van der Waals surface area (Å²) in [6, 6.07) is 14.3. The van der Waals surface area contributed by atoms with Gasteiger partial charge in [-0.25, -0.2) is 4.79 Å². The highest BCUT2D eigenvalue weighted by atomic mass is 32.2. The Bertz CT molecular complexity index is 935. The number of hydrogen-bond acceptors (Lipinski definition) is 6. The lowest BCUT2D eigenvalue weighted by atomic mass is 10.1. The first kappa shape index (κ1) is 21.6. The summed E-state index contributed by atoms with van der Waals surface area (Å²) in [6.45, 7) is 1.38. The molecule has 2 amide bonds. The zero-order valence-corrected chi connectivity index (χ0v) is 18.1. The first-order chi connectivity index (χ1) is 15.1. The largest absolute Gasteiger partial charge is 0.462 e. The van der Waals surface area contributed by atoms with Gasteiger partial charge in [-0.1, -0.05) is 24.3 Å². The van der Waals surface area contributed by atoms with Gasteiger partial charge in [-0.3, -0.25) is 14.5 Å². The fourth-order valence-corrected chi connectivity index (χ4v) is 4.89. The number of hydrogen-bond donors (Lipinski definition) is 0. The van der Waals surface area contributed by atoms with E-state index >= 15 is 0 Å². The molecule has 2 aromatic rings. The maximum atomic E-state index is 12.5. The molecule has 1 fully saturated rings. The number of esters is 1. The van der Waals surface area contributed by atoms with Crippen LogP contribution in [0.3, 0.4) is 0 Å². The molecule has 0 saturated carbocycles. The Balaban J connectivity index is 1.22. The summed E-state index contributed by atoms with van der Waals surface area (Å²) in [6.07, 6.45) is 3.55. The minimum Gasteiger partial charge on any atom is -0.462 e. The Kier molecular flexibility index (Phi) is 7.04. The second-order valence-corrected chi connectivity index (χ2v) is 8.65. The summed E-state index contributed by atoms with van der Waals surface area (Å²) in [4.78, 5) is 39.4. The normalized spacial score (nSPS) is 17.8. The number of amides is 2. The SMILES string of the molecule is O=C(OCCCCN1C(=O)c2ccccc2C1=O)c1ccccc1SCC1CCCO1. The number of carbonyl (C=O) groups excluding carboxylic acids is 3. The van der Waals surface area contributed by atoms with Gasteiger partial charge in [0.25, 0.3) is 11.8 Å². The molecule has 2 aromatic carbocycles. The molecule has 0 aliphatic carbocycles. The van der Waals surface area contributed by atoms with Crippen LogP contribution in [0.1, 0.15) is 56.8 Å². The first-order valence-electron chi connectivity index (χ1n) is 10.6. The van der Waals surface area contributed by atoms with Crippen LogP contribution in [0.15, 0.2) is 53.4 Å². The van der Waals surface area contributed by atoms with Gasteiger partial charge in [0.05, 0.1) is 29.4 Å². The summed E-state index contributed by atoms with van der Waals surface area (Å²) in [5, 5.41) is 0. The quantitative estimate of drug-likeness (QED) is 0.252. The third kappa shape index (κ3) is 4.99. The molecular formula is C24H25NO5S. The van der Waals surface area contributed by atoms with Crippen molar-refractivity contribution in [1.82, 2.24) is 4.90 Å². The van der Waals surface area contributed by atoms with E-state index in [1.807, 2.05) is 18.2 Å². The molecule has 2 aliphatic rings. The average Bonchev–Trinajstić information content (AvgIpc) is 3.40.